The number of carbonyl (C=O) groups is 2. The highest BCUT2D eigenvalue weighted by atomic mass is 35.5. The van der Waals surface area contributed by atoms with Gasteiger partial charge in [-0.3, -0.25) is 9.97 Å². The summed E-state index contributed by atoms with van der Waals surface area (Å²) in [6.45, 7) is 4.07. The van der Waals surface area contributed by atoms with Gasteiger partial charge in [-0.05, 0) is 74.4 Å². The van der Waals surface area contributed by atoms with Crippen LogP contribution in [-0.2, 0) is 31.9 Å². The third-order valence-corrected chi connectivity index (χ3v) is 6.89. The number of carbonyl (C=O) groups excluding carboxylic acids is 2. The predicted molar refractivity (Wildman–Crippen MR) is 150 cm³/mol. The van der Waals surface area contributed by atoms with E-state index in [2.05, 4.69) is 15.3 Å². The molecule has 1 aliphatic rings. The Kier molecular flexibility index (Phi) is 9.86. The summed E-state index contributed by atoms with van der Waals surface area (Å²) in [5.41, 5.74) is 4.71. The van der Waals surface area contributed by atoms with Crippen molar-refractivity contribution < 1.29 is 19.1 Å². The van der Waals surface area contributed by atoms with Crippen molar-refractivity contribution in [2.45, 2.75) is 45.4 Å². The lowest BCUT2D eigenvalue weighted by Gasteiger charge is -2.31. The molecule has 7 nitrogen and oxygen atoms in total. The molecule has 4 rings (SSSR count). The molecule has 8 heteroatoms. The van der Waals surface area contributed by atoms with Gasteiger partial charge in [0, 0.05) is 41.2 Å². The first-order valence-electron chi connectivity index (χ1n) is 13.0. The Bertz CT molecular complexity index is 1280. The van der Waals surface area contributed by atoms with Crippen LogP contribution < -0.4 is 5.32 Å². The van der Waals surface area contributed by atoms with Crippen molar-refractivity contribution in [3.05, 3.63) is 118 Å². The fourth-order valence-corrected chi connectivity index (χ4v) is 4.93. The molecule has 1 N–H and O–H groups in total. The number of hydrogen-bond donors (Lipinski definition) is 1. The zero-order chi connectivity index (χ0) is 27.6. The largest absolute Gasteiger partial charge is 0.462 e. The minimum atomic E-state index is -0.725. The molecule has 0 atom stereocenters. The number of nitrogens with zero attached hydrogens (tertiary/aromatic N) is 2. The Morgan fingerprint density at radius 3 is 1.77 bits per heavy atom. The predicted octanol–water partition coefficient (Wildman–Crippen LogP) is 5.72. The van der Waals surface area contributed by atoms with Gasteiger partial charge in [0.05, 0.1) is 30.3 Å². The average molecular weight is 546 g/mol. The molecule has 0 bridgehead atoms. The van der Waals surface area contributed by atoms with E-state index in [9.17, 15) is 9.59 Å². The SMILES string of the molecule is CC1=C(C(=O)OCCCc2cccnc2)C(c2ccccc2Cl)C(C(=O)OCCCc2cccnc2)=C(C)N1. The molecular weight excluding hydrogens is 514 g/mol. The van der Waals surface area contributed by atoms with E-state index in [1.807, 2.05) is 42.5 Å². The van der Waals surface area contributed by atoms with Gasteiger partial charge in [-0.15, -0.1) is 0 Å². The highest BCUT2D eigenvalue weighted by Crippen LogP contribution is 2.41. The molecule has 202 valence electrons. The molecule has 1 aliphatic heterocycles. The van der Waals surface area contributed by atoms with Crippen LogP contribution in [0.2, 0.25) is 5.02 Å². The first kappa shape index (κ1) is 28.0. The molecule has 0 fully saturated rings. The van der Waals surface area contributed by atoms with E-state index < -0.39 is 17.9 Å². The molecule has 3 heterocycles. The van der Waals surface area contributed by atoms with Crippen LogP contribution in [0.5, 0.6) is 0 Å². The molecule has 0 saturated carbocycles. The number of aryl methyl sites for hydroxylation is 2. The Hall–Kier alpha value is -3.97. The Morgan fingerprint density at radius 2 is 1.31 bits per heavy atom. The van der Waals surface area contributed by atoms with E-state index in [1.54, 1.807) is 44.7 Å². The van der Waals surface area contributed by atoms with Crippen LogP contribution in [0.1, 0.15) is 49.3 Å². The lowest BCUT2D eigenvalue weighted by Crippen LogP contribution is -2.33. The van der Waals surface area contributed by atoms with Gasteiger partial charge in [-0.25, -0.2) is 9.59 Å². The zero-order valence-electron chi connectivity index (χ0n) is 22.2. The number of pyridine rings is 2. The van der Waals surface area contributed by atoms with Crippen molar-refractivity contribution in [1.82, 2.24) is 15.3 Å². The zero-order valence-corrected chi connectivity index (χ0v) is 22.9. The molecule has 2 aromatic heterocycles. The van der Waals surface area contributed by atoms with Gasteiger partial charge in [-0.2, -0.15) is 0 Å². The van der Waals surface area contributed by atoms with Gasteiger partial charge in [0.15, 0.2) is 0 Å². The fourth-order valence-electron chi connectivity index (χ4n) is 4.69. The second kappa shape index (κ2) is 13.7. The van der Waals surface area contributed by atoms with E-state index in [4.69, 9.17) is 21.1 Å². The van der Waals surface area contributed by atoms with Crippen LogP contribution in [0.15, 0.2) is 95.9 Å². The third-order valence-electron chi connectivity index (χ3n) is 6.55. The van der Waals surface area contributed by atoms with E-state index in [-0.39, 0.29) is 13.2 Å². The third kappa shape index (κ3) is 7.33. The van der Waals surface area contributed by atoms with Crippen molar-refractivity contribution in [2.75, 3.05) is 13.2 Å². The molecule has 0 spiro atoms. The Morgan fingerprint density at radius 1 is 0.795 bits per heavy atom. The number of benzene rings is 1. The van der Waals surface area contributed by atoms with Crippen LogP contribution in [-0.4, -0.2) is 35.1 Å². The smallest absolute Gasteiger partial charge is 0.336 e. The molecule has 39 heavy (non-hydrogen) atoms. The highest BCUT2D eigenvalue weighted by Gasteiger charge is 2.38. The Balaban J connectivity index is 1.49. The first-order chi connectivity index (χ1) is 19.0. The number of allylic oxidation sites excluding steroid dienone is 2. The van der Waals surface area contributed by atoms with E-state index in [0.29, 0.717) is 46.0 Å². The molecular formula is C31H32ClN3O4. The quantitative estimate of drug-likeness (QED) is 0.243. The molecule has 0 saturated heterocycles. The lowest BCUT2D eigenvalue weighted by molar-refractivity contribution is -0.140. The summed E-state index contributed by atoms with van der Waals surface area (Å²) in [7, 11) is 0. The number of dihydropyridines is 1. The van der Waals surface area contributed by atoms with Crippen LogP contribution in [0.4, 0.5) is 0 Å². The van der Waals surface area contributed by atoms with Crippen molar-refractivity contribution in [2.24, 2.45) is 0 Å². The van der Waals surface area contributed by atoms with Crippen LogP contribution in [0, 0.1) is 0 Å². The van der Waals surface area contributed by atoms with Gasteiger partial charge in [0.25, 0.3) is 0 Å². The van der Waals surface area contributed by atoms with Crippen molar-refractivity contribution in [3.8, 4) is 0 Å². The second-order valence-corrected chi connectivity index (χ2v) is 9.77. The molecule has 0 radical (unpaired) electrons. The summed E-state index contributed by atoms with van der Waals surface area (Å²) >= 11 is 6.60. The normalized spacial score (nSPS) is 13.7. The van der Waals surface area contributed by atoms with E-state index in [0.717, 1.165) is 24.0 Å². The number of aromatic nitrogens is 2. The van der Waals surface area contributed by atoms with Crippen molar-refractivity contribution >= 4 is 23.5 Å². The van der Waals surface area contributed by atoms with Crippen molar-refractivity contribution in [3.63, 3.8) is 0 Å². The number of halogens is 1. The van der Waals surface area contributed by atoms with Gasteiger partial charge >= 0.3 is 11.9 Å². The van der Waals surface area contributed by atoms with Crippen LogP contribution in [0.3, 0.4) is 0 Å². The van der Waals surface area contributed by atoms with Crippen LogP contribution >= 0.6 is 11.6 Å². The minimum Gasteiger partial charge on any atom is -0.462 e. The number of esters is 2. The number of ether oxygens (including phenoxy) is 2. The summed E-state index contributed by atoms with van der Waals surface area (Å²) in [6.07, 6.45) is 9.82. The van der Waals surface area contributed by atoms with Crippen LogP contribution in [0.25, 0.3) is 0 Å². The summed E-state index contributed by atoms with van der Waals surface area (Å²) in [6, 6.07) is 15.0. The highest BCUT2D eigenvalue weighted by molar-refractivity contribution is 6.31. The molecule has 0 aliphatic carbocycles. The second-order valence-electron chi connectivity index (χ2n) is 9.36. The maximum absolute atomic E-state index is 13.5. The minimum absolute atomic E-state index is 0.233. The topological polar surface area (TPSA) is 90.4 Å². The number of nitrogens with one attached hydrogen (secondary N) is 1. The number of hydrogen-bond acceptors (Lipinski definition) is 7. The fraction of sp³-hybridized carbons (Fsp3) is 0.290. The average Bonchev–Trinajstić information content (AvgIpc) is 2.94. The molecule has 0 amide bonds. The van der Waals surface area contributed by atoms with Gasteiger partial charge in [-0.1, -0.05) is 41.9 Å². The molecule has 3 aromatic rings. The Labute approximate surface area is 233 Å². The molecule has 1 aromatic carbocycles. The maximum atomic E-state index is 13.5. The van der Waals surface area contributed by atoms with E-state index in [1.165, 1.54) is 0 Å². The monoisotopic (exact) mass is 545 g/mol. The first-order valence-corrected chi connectivity index (χ1v) is 13.4. The van der Waals surface area contributed by atoms with Gasteiger partial charge < -0.3 is 14.8 Å². The lowest BCUT2D eigenvalue weighted by atomic mass is 9.80. The van der Waals surface area contributed by atoms with Gasteiger partial charge in [0.1, 0.15) is 0 Å². The summed E-state index contributed by atoms with van der Waals surface area (Å²) in [5, 5.41) is 3.64. The standard InChI is InChI=1S/C31H32ClN3O4/c1-21-27(30(36)38-17-7-11-23-9-5-15-33-19-23)29(25-13-3-4-14-26(25)32)28(22(2)35-21)31(37)39-18-8-12-24-10-6-16-34-20-24/h3-6,9-10,13-16,19-20,29,35H,7-8,11-12,17-18H2,1-2H3. The summed E-state index contributed by atoms with van der Waals surface area (Å²) in [4.78, 5) is 35.1. The van der Waals surface area contributed by atoms with Gasteiger partial charge in [0.2, 0.25) is 0 Å². The maximum Gasteiger partial charge on any atom is 0.336 e. The molecule has 0 unspecified atom stereocenters. The summed E-state index contributed by atoms with van der Waals surface area (Å²) in [5.74, 6) is -1.72. The summed E-state index contributed by atoms with van der Waals surface area (Å²) < 4.78 is 11.4. The van der Waals surface area contributed by atoms with E-state index >= 15 is 0 Å². The van der Waals surface area contributed by atoms with Crippen molar-refractivity contribution in [1.29, 1.82) is 0 Å². The number of rotatable bonds is 11.